The molecule has 0 aliphatic carbocycles. The first-order valence-electron chi connectivity index (χ1n) is 11.9. The molecule has 0 spiro atoms. The van der Waals surface area contributed by atoms with Crippen LogP contribution in [-0.2, 0) is 16.1 Å². The van der Waals surface area contributed by atoms with Crippen LogP contribution in [0.5, 0.6) is 5.75 Å². The summed E-state index contributed by atoms with van der Waals surface area (Å²) < 4.78 is 6.77. The molecule has 0 heterocycles. The van der Waals surface area contributed by atoms with Crippen molar-refractivity contribution in [2.24, 2.45) is 0 Å². The lowest BCUT2D eigenvalue weighted by Gasteiger charge is -2.31. The van der Waals surface area contributed by atoms with Crippen LogP contribution in [0, 0.1) is 6.92 Å². The highest BCUT2D eigenvalue weighted by molar-refractivity contribution is 9.10. The third-order valence-electron chi connectivity index (χ3n) is 6.00. The zero-order valence-corrected chi connectivity index (χ0v) is 21.7. The second kappa shape index (κ2) is 12.6. The summed E-state index contributed by atoms with van der Waals surface area (Å²) in [7, 11) is 0. The van der Waals surface area contributed by atoms with Crippen molar-refractivity contribution in [1.82, 2.24) is 10.2 Å². The van der Waals surface area contributed by atoms with Crippen molar-refractivity contribution in [3.63, 3.8) is 0 Å². The molecule has 1 N–H and O–H groups in total. The van der Waals surface area contributed by atoms with Gasteiger partial charge in [-0.15, -0.1) is 0 Å². The van der Waals surface area contributed by atoms with Gasteiger partial charge < -0.3 is 15.0 Å². The molecule has 180 valence electrons. The number of rotatable bonds is 11. The van der Waals surface area contributed by atoms with Crippen molar-refractivity contribution < 1.29 is 14.3 Å². The van der Waals surface area contributed by atoms with Crippen molar-refractivity contribution >= 4 is 38.5 Å². The summed E-state index contributed by atoms with van der Waals surface area (Å²) in [6, 6.07) is 19.2. The first-order chi connectivity index (χ1) is 16.5. The number of amides is 2. The molecule has 6 heteroatoms. The van der Waals surface area contributed by atoms with Crippen LogP contribution in [0.1, 0.15) is 44.2 Å². The van der Waals surface area contributed by atoms with Gasteiger partial charge in [0.2, 0.25) is 5.91 Å². The summed E-state index contributed by atoms with van der Waals surface area (Å²) in [6.45, 7) is 6.85. The molecule has 0 aliphatic rings. The van der Waals surface area contributed by atoms with Crippen molar-refractivity contribution in [3.05, 3.63) is 76.3 Å². The lowest BCUT2D eigenvalue weighted by atomic mass is 10.1. The fourth-order valence-corrected chi connectivity index (χ4v) is 4.55. The number of carbonyl (C=O) groups excluding carboxylic acids is 2. The Balaban J connectivity index is 1.81. The van der Waals surface area contributed by atoms with E-state index in [1.165, 1.54) is 0 Å². The maximum atomic E-state index is 13.4. The Hall–Kier alpha value is -2.86. The number of nitrogens with zero attached hydrogens (tertiary/aromatic N) is 1. The predicted octanol–water partition coefficient (Wildman–Crippen LogP) is 6.01. The Bertz CT molecular complexity index is 1130. The van der Waals surface area contributed by atoms with E-state index in [-0.39, 0.29) is 18.4 Å². The Kier molecular flexibility index (Phi) is 9.52. The summed E-state index contributed by atoms with van der Waals surface area (Å²) in [5.74, 6) is 0.258. The van der Waals surface area contributed by atoms with Crippen molar-refractivity contribution in [2.75, 3.05) is 13.2 Å². The quantitative estimate of drug-likeness (QED) is 0.312. The molecule has 0 fully saturated rings. The zero-order valence-electron chi connectivity index (χ0n) is 20.1. The van der Waals surface area contributed by atoms with Crippen LogP contribution < -0.4 is 10.1 Å². The minimum Gasteiger partial charge on any atom is -0.483 e. The summed E-state index contributed by atoms with van der Waals surface area (Å²) >= 11 is 3.62. The van der Waals surface area contributed by atoms with Gasteiger partial charge in [-0.05, 0) is 63.7 Å². The second-order valence-electron chi connectivity index (χ2n) is 8.40. The smallest absolute Gasteiger partial charge is 0.261 e. The van der Waals surface area contributed by atoms with Gasteiger partial charge in [0.05, 0.1) is 4.47 Å². The molecule has 3 aromatic rings. The van der Waals surface area contributed by atoms with Crippen LogP contribution >= 0.6 is 15.9 Å². The van der Waals surface area contributed by atoms with E-state index in [1.807, 2.05) is 74.5 Å². The number of carbonyl (C=O) groups is 2. The number of unbranched alkanes of at least 4 members (excludes halogenated alkanes) is 1. The first kappa shape index (κ1) is 25.8. The average Bonchev–Trinajstić information content (AvgIpc) is 2.85. The highest BCUT2D eigenvalue weighted by atomic mass is 79.9. The van der Waals surface area contributed by atoms with Crippen LogP contribution in [0.4, 0.5) is 0 Å². The van der Waals surface area contributed by atoms with Crippen LogP contribution in [0.3, 0.4) is 0 Å². The number of hydrogen-bond acceptors (Lipinski definition) is 3. The summed E-state index contributed by atoms with van der Waals surface area (Å²) in [5, 5.41) is 5.10. The van der Waals surface area contributed by atoms with Gasteiger partial charge in [0, 0.05) is 13.1 Å². The van der Waals surface area contributed by atoms with Gasteiger partial charge in [0.1, 0.15) is 11.8 Å². The molecule has 0 bridgehead atoms. The third kappa shape index (κ3) is 6.38. The minimum atomic E-state index is -0.562. The summed E-state index contributed by atoms with van der Waals surface area (Å²) in [4.78, 5) is 28.1. The molecule has 0 aromatic heterocycles. The van der Waals surface area contributed by atoms with Crippen LogP contribution in [0.25, 0.3) is 10.8 Å². The predicted molar refractivity (Wildman–Crippen MR) is 141 cm³/mol. The van der Waals surface area contributed by atoms with Gasteiger partial charge in [0.15, 0.2) is 6.61 Å². The number of nitrogens with one attached hydrogen (secondary N) is 1. The van der Waals surface area contributed by atoms with E-state index in [0.717, 1.165) is 39.2 Å². The van der Waals surface area contributed by atoms with E-state index in [9.17, 15) is 9.59 Å². The van der Waals surface area contributed by atoms with Gasteiger partial charge in [-0.25, -0.2) is 0 Å². The molecule has 0 saturated heterocycles. The Labute approximate surface area is 210 Å². The van der Waals surface area contributed by atoms with Crippen LogP contribution in [-0.4, -0.2) is 35.9 Å². The number of benzene rings is 3. The fraction of sp³-hybridized carbons (Fsp3) is 0.357. The number of aryl methyl sites for hydroxylation is 1. The van der Waals surface area contributed by atoms with Gasteiger partial charge in [-0.1, -0.05) is 74.9 Å². The van der Waals surface area contributed by atoms with E-state index in [4.69, 9.17) is 4.74 Å². The van der Waals surface area contributed by atoms with Crippen LogP contribution in [0.2, 0.25) is 0 Å². The molecular formula is C28H33BrN2O3. The lowest BCUT2D eigenvalue weighted by Crippen LogP contribution is -2.50. The highest BCUT2D eigenvalue weighted by Crippen LogP contribution is 2.33. The Morgan fingerprint density at radius 3 is 2.50 bits per heavy atom. The van der Waals surface area contributed by atoms with Gasteiger partial charge >= 0.3 is 0 Å². The fourth-order valence-electron chi connectivity index (χ4n) is 3.94. The molecule has 3 rings (SSSR count). The summed E-state index contributed by atoms with van der Waals surface area (Å²) in [5.41, 5.74) is 2.10. The molecule has 5 nitrogen and oxygen atoms in total. The van der Waals surface area contributed by atoms with E-state index in [2.05, 4.69) is 28.2 Å². The van der Waals surface area contributed by atoms with Gasteiger partial charge in [-0.3, -0.25) is 9.59 Å². The second-order valence-corrected chi connectivity index (χ2v) is 9.20. The molecule has 0 aliphatic heterocycles. The van der Waals surface area contributed by atoms with E-state index in [1.54, 1.807) is 4.90 Å². The number of hydrogen-bond donors (Lipinski definition) is 1. The minimum absolute atomic E-state index is 0.121. The number of fused-ring (bicyclic) bond motifs is 1. The molecule has 34 heavy (non-hydrogen) atoms. The molecule has 3 aromatic carbocycles. The third-order valence-corrected chi connectivity index (χ3v) is 6.81. The Morgan fingerprint density at radius 2 is 1.76 bits per heavy atom. The Morgan fingerprint density at radius 1 is 1.03 bits per heavy atom. The zero-order chi connectivity index (χ0) is 24.5. The normalized spacial score (nSPS) is 11.8. The highest BCUT2D eigenvalue weighted by Gasteiger charge is 2.29. The SMILES string of the molecule is CCCCNC(=O)C(CC)N(Cc1ccccc1C)C(=O)COc1ccc2ccccc2c1Br. The largest absolute Gasteiger partial charge is 0.483 e. The maximum absolute atomic E-state index is 13.4. The number of halogens is 1. The van der Waals surface area contributed by atoms with E-state index in [0.29, 0.717) is 25.3 Å². The summed E-state index contributed by atoms with van der Waals surface area (Å²) in [6.07, 6.45) is 2.43. The molecule has 0 saturated carbocycles. The van der Waals surface area contributed by atoms with E-state index < -0.39 is 6.04 Å². The average molecular weight is 525 g/mol. The van der Waals surface area contributed by atoms with Crippen LogP contribution in [0.15, 0.2) is 65.1 Å². The standard InChI is InChI=1S/C28H33BrN2O3/c1-4-6-17-30-28(33)24(5-2)31(18-22-13-8-7-11-20(22)3)26(32)19-34-25-16-15-21-12-9-10-14-23(21)27(25)29/h7-16,24H,4-6,17-19H2,1-3H3,(H,30,33). The van der Waals surface area contributed by atoms with Crippen molar-refractivity contribution in [3.8, 4) is 5.75 Å². The first-order valence-corrected chi connectivity index (χ1v) is 12.7. The topological polar surface area (TPSA) is 58.6 Å². The maximum Gasteiger partial charge on any atom is 0.261 e. The number of ether oxygens (including phenoxy) is 1. The lowest BCUT2D eigenvalue weighted by molar-refractivity contribution is -0.143. The van der Waals surface area contributed by atoms with Crippen molar-refractivity contribution in [1.29, 1.82) is 0 Å². The van der Waals surface area contributed by atoms with Gasteiger partial charge in [-0.2, -0.15) is 0 Å². The molecule has 1 atom stereocenters. The van der Waals surface area contributed by atoms with E-state index >= 15 is 0 Å². The molecule has 1 unspecified atom stereocenters. The van der Waals surface area contributed by atoms with Gasteiger partial charge in [0.25, 0.3) is 5.91 Å². The molecule has 2 amide bonds. The monoisotopic (exact) mass is 524 g/mol. The molecule has 0 radical (unpaired) electrons. The van der Waals surface area contributed by atoms with Crippen molar-refractivity contribution in [2.45, 2.75) is 52.6 Å². The molecular weight excluding hydrogens is 492 g/mol.